The standard InChI is InChI=1S/C34H58S6/c1-3-5-7-9-11-13-15-17-19-21-27-37-33(35)39-29-31-23-25-32(26-24-31)30-40-34(36)38-28-22-20-18-16-14-12-10-8-6-4-2/h23-26H,3-22,27-30H2,1-2H3. The summed E-state index contributed by atoms with van der Waals surface area (Å²) in [6.07, 6.45) is 27.9. The van der Waals surface area contributed by atoms with E-state index in [0.29, 0.717) is 0 Å². The highest BCUT2D eigenvalue weighted by molar-refractivity contribution is 8.47. The molecule has 0 nitrogen and oxygen atoms in total. The van der Waals surface area contributed by atoms with E-state index in [-0.39, 0.29) is 0 Å². The van der Waals surface area contributed by atoms with E-state index in [4.69, 9.17) is 24.4 Å². The first-order chi connectivity index (χ1) is 19.7. The summed E-state index contributed by atoms with van der Waals surface area (Å²) in [4.78, 5) is 0. The molecule has 1 aromatic rings. The molecule has 0 atom stereocenters. The fourth-order valence-corrected chi connectivity index (χ4v) is 8.95. The van der Waals surface area contributed by atoms with Crippen LogP contribution in [0.5, 0.6) is 0 Å². The lowest BCUT2D eigenvalue weighted by Gasteiger charge is -2.07. The Morgan fingerprint density at radius 2 is 0.700 bits per heavy atom. The van der Waals surface area contributed by atoms with Crippen LogP contribution >= 0.6 is 71.5 Å². The minimum absolute atomic E-state index is 0.977. The van der Waals surface area contributed by atoms with E-state index in [9.17, 15) is 0 Å². The molecule has 0 bridgehead atoms. The van der Waals surface area contributed by atoms with E-state index in [1.54, 1.807) is 0 Å². The summed E-state index contributed by atoms with van der Waals surface area (Å²) in [6, 6.07) is 9.05. The Morgan fingerprint density at radius 3 is 1.00 bits per heavy atom. The number of rotatable bonds is 26. The van der Waals surface area contributed by atoms with Crippen molar-refractivity contribution in [3.8, 4) is 0 Å². The fraction of sp³-hybridized carbons (Fsp3) is 0.765. The zero-order chi connectivity index (χ0) is 28.9. The number of unbranched alkanes of at least 4 members (excludes halogenated alkanes) is 18. The first kappa shape index (κ1) is 38.8. The van der Waals surface area contributed by atoms with Crippen molar-refractivity contribution in [1.29, 1.82) is 0 Å². The highest BCUT2D eigenvalue weighted by Gasteiger charge is 2.04. The molecule has 1 rings (SSSR count). The van der Waals surface area contributed by atoms with Crippen molar-refractivity contribution in [2.75, 3.05) is 11.5 Å². The third-order valence-corrected chi connectivity index (χ3v) is 12.9. The Labute approximate surface area is 277 Å². The Morgan fingerprint density at radius 1 is 0.425 bits per heavy atom. The second-order valence-corrected chi connectivity index (χ2v) is 17.5. The topological polar surface area (TPSA) is 0 Å². The molecule has 0 saturated heterocycles. The second kappa shape index (κ2) is 29.9. The highest BCUT2D eigenvalue weighted by atomic mass is 32.2. The van der Waals surface area contributed by atoms with Crippen molar-refractivity contribution in [3.63, 3.8) is 0 Å². The molecule has 0 aliphatic heterocycles. The van der Waals surface area contributed by atoms with Gasteiger partial charge in [0.1, 0.15) is 7.06 Å². The van der Waals surface area contributed by atoms with Gasteiger partial charge in [0.05, 0.1) is 0 Å². The summed E-state index contributed by atoms with van der Waals surface area (Å²) < 4.78 is 2.20. The van der Waals surface area contributed by atoms with Crippen LogP contribution in [0.2, 0.25) is 0 Å². The molecule has 0 spiro atoms. The molecule has 230 valence electrons. The lowest BCUT2D eigenvalue weighted by molar-refractivity contribution is 0.563. The molecule has 0 aliphatic rings. The summed E-state index contributed by atoms with van der Waals surface area (Å²) in [7, 11) is 0. The third kappa shape index (κ3) is 25.3. The highest BCUT2D eigenvalue weighted by Crippen LogP contribution is 2.26. The van der Waals surface area contributed by atoms with Crippen LogP contribution in [-0.2, 0) is 11.5 Å². The van der Waals surface area contributed by atoms with E-state index in [2.05, 4.69) is 38.1 Å². The average Bonchev–Trinajstić information content (AvgIpc) is 2.97. The van der Waals surface area contributed by atoms with Gasteiger partial charge in [-0.25, -0.2) is 0 Å². The lowest BCUT2D eigenvalue weighted by Crippen LogP contribution is -1.91. The molecule has 0 aliphatic carbocycles. The molecule has 6 heteroatoms. The maximum atomic E-state index is 5.61. The van der Waals surface area contributed by atoms with Crippen molar-refractivity contribution >= 4 is 78.5 Å². The van der Waals surface area contributed by atoms with Gasteiger partial charge in [0.15, 0.2) is 0 Å². The summed E-state index contributed by atoms with van der Waals surface area (Å²) >= 11 is 18.6. The molecule has 40 heavy (non-hydrogen) atoms. The smallest absolute Gasteiger partial charge is 0.104 e. The van der Waals surface area contributed by atoms with Crippen LogP contribution in [0.15, 0.2) is 24.3 Å². The SMILES string of the molecule is CCCCCCCCCCCCSC(=S)SCc1ccc(CSC(=S)SCCCCCCCCCCCC)cc1. The van der Waals surface area contributed by atoms with Gasteiger partial charge < -0.3 is 0 Å². The van der Waals surface area contributed by atoms with Crippen molar-refractivity contribution in [2.24, 2.45) is 0 Å². The van der Waals surface area contributed by atoms with Crippen molar-refractivity contribution in [2.45, 2.75) is 154 Å². The van der Waals surface area contributed by atoms with Gasteiger partial charge in [-0.15, -0.1) is 47.0 Å². The van der Waals surface area contributed by atoms with Crippen molar-refractivity contribution in [1.82, 2.24) is 0 Å². The largest absolute Gasteiger partial charge is 0.108 e. The first-order valence-electron chi connectivity index (χ1n) is 16.3. The predicted octanol–water partition coefficient (Wildman–Crippen LogP) is 14.0. The van der Waals surface area contributed by atoms with E-state index in [0.717, 1.165) is 18.6 Å². The normalized spacial score (nSPS) is 11.2. The van der Waals surface area contributed by atoms with Crippen LogP contribution in [0.1, 0.15) is 153 Å². The summed E-state index contributed by atoms with van der Waals surface area (Å²) in [5, 5.41) is 0. The van der Waals surface area contributed by atoms with Gasteiger partial charge >= 0.3 is 0 Å². The van der Waals surface area contributed by atoms with E-state index in [1.165, 1.54) is 151 Å². The number of benzene rings is 1. The molecule has 0 fully saturated rings. The van der Waals surface area contributed by atoms with Crippen molar-refractivity contribution < 1.29 is 0 Å². The predicted molar refractivity (Wildman–Crippen MR) is 203 cm³/mol. The molecule has 0 N–H and O–H groups in total. The maximum absolute atomic E-state index is 5.61. The lowest BCUT2D eigenvalue weighted by atomic mass is 10.1. The Bertz CT molecular complexity index is 657. The molecule has 0 unspecified atom stereocenters. The van der Waals surface area contributed by atoms with Crippen LogP contribution in [0.4, 0.5) is 0 Å². The van der Waals surface area contributed by atoms with Gasteiger partial charge in [-0.05, 0) is 35.5 Å². The summed E-state index contributed by atoms with van der Waals surface area (Å²) in [6.45, 7) is 4.58. The van der Waals surface area contributed by atoms with Crippen molar-refractivity contribution in [3.05, 3.63) is 35.4 Å². The van der Waals surface area contributed by atoms with E-state index < -0.39 is 0 Å². The Hall–Kier alpha value is 0.800. The van der Waals surface area contributed by atoms with Gasteiger partial charge in [-0.1, -0.05) is 178 Å². The average molecular weight is 659 g/mol. The summed E-state index contributed by atoms with van der Waals surface area (Å²) in [5.74, 6) is 4.31. The van der Waals surface area contributed by atoms with Gasteiger partial charge in [0, 0.05) is 11.5 Å². The van der Waals surface area contributed by atoms with Crippen LogP contribution in [0.25, 0.3) is 0 Å². The molecular weight excluding hydrogens is 601 g/mol. The summed E-state index contributed by atoms with van der Waals surface area (Å²) in [5.41, 5.74) is 2.72. The number of hydrogen-bond donors (Lipinski definition) is 0. The monoisotopic (exact) mass is 658 g/mol. The van der Waals surface area contributed by atoms with Gasteiger partial charge in [-0.3, -0.25) is 0 Å². The zero-order valence-electron chi connectivity index (χ0n) is 25.7. The minimum atomic E-state index is 0.977. The number of thioether (sulfide) groups is 4. The zero-order valence-corrected chi connectivity index (χ0v) is 30.6. The van der Waals surface area contributed by atoms with Crippen LogP contribution in [0.3, 0.4) is 0 Å². The van der Waals surface area contributed by atoms with E-state index in [1.807, 2.05) is 47.0 Å². The molecule has 0 heterocycles. The fourth-order valence-electron chi connectivity index (χ4n) is 4.59. The molecule has 0 amide bonds. The van der Waals surface area contributed by atoms with Crippen LogP contribution in [0, 0.1) is 0 Å². The van der Waals surface area contributed by atoms with Gasteiger partial charge in [0.25, 0.3) is 0 Å². The quantitative estimate of drug-likeness (QED) is 0.0712. The maximum Gasteiger partial charge on any atom is 0.104 e. The van der Waals surface area contributed by atoms with Gasteiger partial charge in [-0.2, -0.15) is 0 Å². The molecule has 1 aromatic carbocycles. The second-order valence-electron chi connectivity index (χ2n) is 11.0. The Kier molecular flexibility index (Phi) is 29.0. The van der Waals surface area contributed by atoms with Crippen LogP contribution in [-0.4, -0.2) is 18.6 Å². The number of thiocarbonyl (C=S) groups is 2. The van der Waals surface area contributed by atoms with Crippen LogP contribution < -0.4 is 0 Å². The third-order valence-electron chi connectivity index (χ3n) is 7.17. The number of hydrogen-bond acceptors (Lipinski definition) is 6. The first-order valence-corrected chi connectivity index (χ1v) is 21.1. The molecule has 0 saturated carbocycles. The molecule has 0 radical (unpaired) electrons. The van der Waals surface area contributed by atoms with E-state index >= 15 is 0 Å². The Balaban J connectivity index is 1.97. The van der Waals surface area contributed by atoms with Gasteiger partial charge in [0.2, 0.25) is 0 Å². The molecular formula is C34H58S6. The molecule has 0 aromatic heterocycles. The minimum Gasteiger partial charge on any atom is -0.108 e.